The summed E-state index contributed by atoms with van der Waals surface area (Å²) in [5.41, 5.74) is 3.32. The van der Waals surface area contributed by atoms with Gasteiger partial charge >= 0.3 is 6.09 Å². The number of fused-ring (bicyclic) bond motifs is 1. The van der Waals surface area contributed by atoms with Crippen molar-refractivity contribution in [2.75, 3.05) is 6.54 Å². The highest BCUT2D eigenvalue weighted by atomic mass is 79.9. The van der Waals surface area contributed by atoms with Crippen LogP contribution in [0.2, 0.25) is 0 Å². The molecule has 1 aromatic carbocycles. The molecule has 0 aliphatic carbocycles. The van der Waals surface area contributed by atoms with Crippen molar-refractivity contribution >= 4 is 22.0 Å². The Morgan fingerprint density at radius 1 is 1.37 bits per heavy atom. The molecule has 0 spiro atoms. The van der Waals surface area contributed by atoms with Gasteiger partial charge in [0.05, 0.1) is 0 Å². The number of nitrogens with zero attached hydrogens (tertiary/aromatic N) is 1. The highest BCUT2D eigenvalue weighted by molar-refractivity contribution is 9.10. The molecule has 1 heterocycles. The Bertz CT molecular complexity index is 506. The molecule has 0 fully saturated rings. The van der Waals surface area contributed by atoms with Crippen LogP contribution in [0.25, 0.3) is 0 Å². The van der Waals surface area contributed by atoms with Gasteiger partial charge in [0, 0.05) is 17.6 Å². The number of carbonyl (C=O) groups is 1. The van der Waals surface area contributed by atoms with Gasteiger partial charge in [0.25, 0.3) is 0 Å². The van der Waals surface area contributed by atoms with Gasteiger partial charge in [-0.3, -0.25) is 0 Å². The number of hydrogen-bond acceptors (Lipinski definition) is 2. The average molecular weight is 326 g/mol. The second kappa shape index (κ2) is 5.16. The van der Waals surface area contributed by atoms with Crippen molar-refractivity contribution in [3.63, 3.8) is 0 Å². The predicted octanol–water partition coefficient (Wildman–Crippen LogP) is 4.05. The highest BCUT2D eigenvalue weighted by Gasteiger charge is 2.26. The third-order valence-corrected chi connectivity index (χ3v) is 4.28. The second-order valence-electron chi connectivity index (χ2n) is 5.99. The lowest BCUT2D eigenvalue weighted by Crippen LogP contribution is -2.40. The van der Waals surface area contributed by atoms with E-state index in [1.165, 1.54) is 21.2 Å². The van der Waals surface area contributed by atoms with Crippen LogP contribution in [0.15, 0.2) is 16.6 Å². The van der Waals surface area contributed by atoms with E-state index in [1.807, 2.05) is 20.8 Å². The minimum atomic E-state index is -0.439. The van der Waals surface area contributed by atoms with Crippen LogP contribution < -0.4 is 0 Å². The van der Waals surface area contributed by atoms with Gasteiger partial charge in [-0.2, -0.15) is 0 Å². The van der Waals surface area contributed by atoms with Crippen molar-refractivity contribution in [3.8, 4) is 0 Å². The summed E-state index contributed by atoms with van der Waals surface area (Å²) in [6.45, 7) is 9.10. The fourth-order valence-corrected chi connectivity index (χ4v) is 2.80. The maximum Gasteiger partial charge on any atom is 0.410 e. The third-order valence-electron chi connectivity index (χ3n) is 3.18. The van der Waals surface area contributed by atoms with Gasteiger partial charge in [0.15, 0.2) is 0 Å². The lowest BCUT2D eigenvalue weighted by Gasteiger charge is -2.31. The summed E-state index contributed by atoms with van der Waals surface area (Å²) in [5, 5.41) is 0. The molecule has 2 rings (SSSR count). The molecular formula is C15H20BrNO2. The van der Waals surface area contributed by atoms with Crippen molar-refractivity contribution in [1.29, 1.82) is 0 Å². The van der Waals surface area contributed by atoms with Gasteiger partial charge in [0.2, 0.25) is 0 Å². The summed E-state index contributed by atoms with van der Waals surface area (Å²) in [4.78, 5) is 13.8. The van der Waals surface area contributed by atoms with Crippen LogP contribution in [0.5, 0.6) is 0 Å². The van der Waals surface area contributed by atoms with E-state index >= 15 is 0 Å². The minimum Gasteiger partial charge on any atom is -0.444 e. The molecule has 0 bridgehead atoms. The summed E-state index contributed by atoms with van der Waals surface area (Å²) < 4.78 is 6.60. The van der Waals surface area contributed by atoms with Crippen LogP contribution in [-0.2, 0) is 17.7 Å². The monoisotopic (exact) mass is 325 g/mol. The molecule has 19 heavy (non-hydrogen) atoms. The van der Waals surface area contributed by atoms with E-state index in [0.717, 1.165) is 6.42 Å². The molecule has 0 atom stereocenters. The predicted molar refractivity (Wildman–Crippen MR) is 79.2 cm³/mol. The maximum absolute atomic E-state index is 12.1. The molecule has 0 aromatic heterocycles. The fraction of sp³-hybridized carbons (Fsp3) is 0.533. The molecule has 3 nitrogen and oxygen atoms in total. The Morgan fingerprint density at radius 3 is 2.68 bits per heavy atom. The Balaban J connectivity index is 2.15. The number of benzene rings is 1. The Labute approximate surface area is 123 Å². The first kappa shape index (κ1) is 14.4. The number of ether oxygens (including phenoxy) is 1. The lowest BCUT2D eigenvalue weighted by atomic mass is 9.98. The summed E-state index contributed by atoms with van der Waals surface area (Å²) in [6.07, 6.45) is 0.645. The van der Waals surface area contributed by atoms with Crippen LogP contribution in [-0.4, -0.2) is 23.1 Å². The molecule has 1 aliphatic rings. The van der Waals surface area contributed by atoms with Gasteiger partial charge < -0.3 is 9.64 Å². The van der Waals surface area contributed by atoms with Crippen LogP contribution in [0.1, 0.15) is 37.5 Å². The number of halogens is 1. The molecule has 0 saturated carbocycles. The standard InChI is InChI=1S/C15H20BrNO2/c1-10-5-6-11-9-17(8-7-12(11)13(10)16)14(18)19-15(2,3)4/h5-6H,7-9H2,1-4H3. The third kappa shape index (κ3) is 3.30. The summed E-state index contributed by atoms with van der Waals surface area (Å²) in [7, 11) is 0. The van der Waals surface area contributed by atoms with Crippen molar-refractivity contribution in [3.05, 3.63) is 33.3 Å². The maximum atomic E-state index is 12.1. The molecule has 1 aromatic rings. The Kier molecular flexibility index (Phi) is 3.90. The van der Waals surface area contributed by atoms with Crippen molar-refractivity contribution in [2.24, 2.45) is 0 Å². The van der Waals surface area contributed by atoms with E-state index in [4.69, 9.17) is 4.74 Å². The lowest BCUT2D eigenvalue weighted by molar-refractivity contribution is 0.0224. The van der Waals surface area contributed by atoms with E-state index in [2.05, 4.69) is 35.0 Å². The van der Waals surface area contributed by atoms with E-state index < -0.39 is 5.60 Å². The van der Waals surface area contributed by atoms with Gasteiger partial charge in [-0.25, -0.2) is 4.79 Å². The largest absolute Gasteiger partial charge is 0.444 e. The topological polar surface area (TPSA) is 29.5 Å². The second-order valence-corrected chi connectivity index (χ2v) is 6.78. The van der Waals surface area contributed by atoms with Crippen LogP contribution >= 0.6 is 15.9 Å². The van der Waals surface area contributed by atoms with Crippen LogP contribution in [0.4, 0.5) is 4.79 Å². The number of aryl methyl sites for hydroxylation is 1. The fourth-order valence-electron chi connectivity index (χ4n) is 2.21. The van der Waals surface area contributed by atoms with Gasteiger partial charge in [-0.15, -0.1) is 0 Å². The molecule has 0 radical (unpaired) electrons. The number of hydrogen-bond donors (Lipinski definition) is 0. The minimum absolute atomic E-state index is 0.227. The normalized spacial score (nSPS) is 15.1. The molecule has 0 saturated heterocycles. The molecule has 0 unspecified atom stereocenters. The summed E-state index contributed by atoms with van der Waals surface area (Å²) in [6, 6.07) is 4.19. The van der Waals surface area contributed by atoms with E-state index in [0.29, 0.717) is 13.1 Å². The quantitative estimate of drug-likeness (QED) is 0.720. The van der Waals surface area contributed by atoms with Crippen molar-refractivity contribution in [1.82, 2.24) is 4.90 Å². The smallest absolute Gasteiger partial charge is 0.410 e. The first-order valence-electron chi connectivity index (χ1n) is 6.53. The number of carbonyl (C=O) groups excluding carboxylic acids is 1. The molecule has 0 N–H and O–H groups in total. The molecular weight excluding hydrogens is 306 g/mol. The van der Waals surface area contributed by atoms with Crippen molar-refractivity contribution < 1.29 is 9.53 Å². The summed E-state index contributed by atoms with van der Waals surface area (Å²) in [5.74, 6) is 0. The molecule has 1 aliphatic heterocycles. The zero-order valence-corrected chi connectivity index (χ0v) is 13.5. The first-order chi connectivity index (χ1) is 8.78. The number of rotatable bonds is 0. The van der Waals surface area contributed by atoms with Gasteiger partial charge in [-0.05, 0) is 50.8 Å². The van der Waals surface area contributed by atoms with Crippen molar-refractivity contribution in [2.45, 2.75) is 46.3 Å². The SMILES string of the molecule is Cc1ccc2c(c1Br)CCN(C(=O)OC(C)(C)C)C2. The Morgan fingerprint density at radius 2 is 2.05 bits per heavy atom. The van der Waals surface area contributed by atoms with Crippen LogP contribution in [0.3, 0.4) is 0 Å². The zero-order valence-electron chi connectivity index (χ0n) is 11.9. The van der Waals surface area contributed by atoms with E-state index in [9.17, 15) is 4.79 Å². The average Bonchev–Trinajstić information content (AvgIpc) is 2.31. The molecule has 4 heteroatoms. The molecule has 1 amide bonds. The van der Waals surface area contributed by atoms with E-state index in [1.54, 1.807) is 4.90 Å². The molecule has 104 valence electrons. The Hall–Kier alpha value is -1.03. The number of amides is 1. The first-order valence-corrected chi connectivity index (χ1v) is 7.32. The van der Waals surface area contributed by atoms with Gasteiger partial charge in [-0.1, -0.05) is 28.1 Å². The van der Waals surface area contributed by atoms with Gasteiger partial charge in [0.1, 0.15) is 5.60 Å². The van der Waals surface area contributed by atoms with Crippen LogP contribution in [0, 0.1) is 6.92 Å². The zero-order chi connectivity index (χ0) is 14.2. The van der Waals surface area contributed by atoms with E-state index in [-0.39, 0.29) is 6.09 Å². The highest BCUT2D eigenvalue weighted by Crippen LogP contribution is 2.29. The summed E-state index contributed by atoms with van der Waals surface area (Å²) >= 11 is 3.64.